The molecule has 2 heterocycles. The number of rotatable bonds is 7. The zero-order valence-corrected chi connectivity index (χ0v) is 19.1. The Bertz CT molecular complexity index is 1440. The van der Waals surface area contributed by atoms with Gasteiger partial charge in [-0.2, -0.15) is 5.10 Å². The number of fused-ring (bicyclic) bond motifs is 2. The van der Waals surface area contributed by atoms with Gasteiger partial charge < -0.3 is 16.4 Å². The minimum Gasteiger partial charge on any atom is -0.330 e. The molecule has 34 heavy (non-hydrogen) atoms. The van der Waals surface area contributed by atoms with Gasteiger partial charge in [0.1, 0.15) is 0 Å². The van der Waals surface area contributed by atoms with E-state index in [1.807, 2.05) is 72.8 Å². The molecule has 0 aliphatic carbocycles. The number of nitrogens with one attached hydrogen (secondary N) is 3. The maximum atomic E-state index is 13.1. The zero-order valence-electron chi connectivity index (χ0n) is 18.2. The maximum Gasteiger partial charge on any atom is 0.266 e. The van der Waals surface area contributed by atoms with Gasteiger partial charge >= 0.3 is 0 Å². The SMILES string of the molecule is NCCC(C(=O)Nc1ccc2[nH]nc(NC(=O)c3cc4ccccc4s3)c2c1)c1ccccc1. The molecule has 0 aliphatic rings. The molecule has 0 fully saturated rings. The highest BCUT2D eigenvalue weighted by Crippen LogP contribution is 2.29. The van der Waals surface area contributed by atoms with Gasteiger partial charge in [-0.3, -0.25) is 14.7 Å². The fraction of sp³-hybridized carbons (Fsp3) is 0.115. The minimum absolute atomic E-state index is 0.129. The maximum absolute atomic E-state index is 13.1. The molecule has 5 rings (SSSR count). The Labute approximate surface area is 200 Å². The number of H-pyrrole nitrogens is 1. The van der Waals surface area contributed by atoms with Crippen molar-refractivity contribution in [2.24, 2.45) is 5.73 Å². The predicted molar refractivity (Wildman–Crippen MR) is 137 cm³/mol. The lowest BCUT2D eigenvalue weighted by Crippen LogP contribution is -2.23. The van der Waals surface area contributed by atoms with Crippen LogP contribution < -0.4 is 16.4 Å². The highest BCUT2D eigenvalue weighted by molar-refractivity contribution is 7.20. The first-order valence-electron chi connectivity index (χ1n) is 11.0. The number of thiophene rings is 1. The van der Waals surface area contributed by atoms with Crippen molar-refractivity contribution >= 4 is 55.6 Å². The third-order valence-electron chi connectivity index (χ3n) is 5.69. The van der Waals surface area contributed by atoms with E-state index in [9.17, 15) is 9.59 Å². The van der Waals surface area contributed by atoms with Gasteiger partial charge in [0.25, 0.3) is 5.91 Å². The number of hydrogen-bond donors (Lipinski definition) is 4. The van der Waals surface area contributed by atoms with Crippen LogP contribution in [0, 0.1) is 0 Å². The average molecular weight is 470 g/mol. The molecule has 7 nitrogen and oxygen atoms in total. The van der Waals surface area contributed by atoms with Crippen molar-refractivity contribution in [2.45, 2.75) is 12.3 Å². The topological polar surface area (TPSA) is 113 Å². The first kappa shape index (κ1) is 21.8. The first-order valence-corrected chi connectivity index (χ1v) is 11.8. The summed E-state index contributed by atoms with van der Waals surface area (Å²) in [6, 6.07) is 24.8. The highest BCUT2D eigenvalue weighted by Gasteiger charge is 2.20. The fourth-order valence-electron chi connectivity index (χ4n) is 3.98. The van der Waals surface area contributed by atoms with E-state index in [4.69, 9.17) is 5.73 Å². The van der Waals surface area contributed by atoms with Crippen molar-refractivity contribution in [3.8, 4) is 0 Å². The van der Waals surface area contributed by atoms with Gasteiger partial charge in [-0.1, -0.05) is 48.5 Å². The van der Waals surface area contributed by atoms with E-state index in [2.05, 4.69) is 20.8 Å². The van der Waals surface area contributed by atoms with Gasteiger partial charge in [0, 0.05) is 15.8 Å². The van der Waals surface area contributed by atoms with E-state index in [0.717, 1.165) is 21.2 Å². The number of nitrogens with two attached hydrogens (primary N) is 1. The Morgan fingerprint density at radius 1 is 0.971 bits per heavy atom. The molecule has 170 valence electrons. The molecule has 5 N–H and O–H groups in total. The Hall–Kier alpha value is -4.01. The van der Waals surface area contributed by atoms with Crippen molar-refractivity contribution in [3.63, 3.8) is 0 Å². The van der Waals surface area contributed by atoms with Crippen molar-refractivity contribution in [1.29, 1.82) is 0 Å². The number of benzene rings is 3. The molecular weight excluding hydrogens is 446 g/mol. The average Bonchev–Trinajstić information content (AvgIpc) is 3.47. The molecule has 2 amide bonds. The van der Waals surface area contributed by atoms with E-state index in [1.54, 1.807) is 6.07 Å². The lowest BCUT2D eigenvalue weighted by molar-refractivity contribution is -0.117. The Morgan fingerprint density at radius 3 is 2.56 bits per heavy atom. The van der Waals surface area contributed by atoms with Crippen LogP contribution in [0.15, 0.2) is 78.9 Å². The van der Waals surface area contributed by atoms with Gasteiger partial charge in [0.15, 0.2) is 5.82 Å². The molecule has 0 aliphatic heterocycles. The third-order valence-corrected chi connectivity index (χ3v) is 6.80. The Balaban J connectivity index is 1.37. The lowest BCUT2D eigenvalue weighted by atomic mass is 9.94. The Morgan fingerprint density at radius 2 is 1.76 bits per heavy atom. The molecule has 8 heteroatoms. The van der Waals surface area contributed by atoms with Gasteiger partial charge in [-0.25, -0.2) is 0 Å². The lowest BCUT2D eigenvalue weighted by Gasteiger charge is -2.16. The molecule has 0 spiro atoms. The smallest absolute Gasteiger partial charge is 0.266 e. The van der Waals surface area contributed by atoms with E-state index in [-0.39, 0.29) is 17.7 Å². The predicted octanol–water partition coefficient (Wildman–Crippen LogP) is 5.10. The largest absolute Gasteiger partial charge is 0.330 e. The van der Waals surface area contributed by atoms with Crippen molar-refractivity contribution in [1.82, 2.24) is 10.2 Å². The van der Waals surface area contributed by atoms with Crippen LogP contribution in [0.25, 0.3) is 21.0 Å². The zero-order chi connectivity index (χ0) is 23.5. The molecule has 3 aromatic carbocycles. The summed E-state index contributed by atoms with van der Waals surface area (Å²) in [5.74, 6) is -0.292. The summed E-state index contributed by atoms with van der Waals surface area (Å²) >= 11 is 1.43. The molecule has 0 radical (unpaired) electrons. The first-order chi connectivity index (χ1) is 16.6. The number of amides is 2. The molecule has 1 atom stereocenters. The van der Waals surface area contributed by atoms with Crippen LogP contribution in [-0.4, -0.2) is 28.6 Å². The van der Waals surface area contributed by atoms with Gasteiger partial charge in [-0.15, -0.1) is 11.3 Å². The standard InChI is InChI=1S/C26H23N5O2S/c27-13-12-19(16-6-2-1-3-7-16)25(32)28-18-10-11-21-20(15-18)24(31-30-21)29-26(33)23-14-17-8-4-5-9-22(17)34-23/h1-11,14-15,19H,12-13,27H2,(H,28,32)(H2,29,30,31,33). The van der Waals surface area contributed by atoms with Crippen LogP contribution >= 0.6 is 11.3 Å². The monoisotopic (exact) mass is 469 g/mol. The van der Waals surface area contributed by atoms with Crippen molar-refractivity contribution in [2.75, 3.05) is 17.2 Å². The molecule has 5 aromatic rings. The van der Waals surface area contributed by atoms with Crippen LogP contribution in [0.5, 0.6) is 0 Å². The van der Waals surface area contributed by atoms with Crippen molar-refractivity contribution < 1.29 is 9.59 Å². The number of hydrogen-bond acceptors (Lipinski definition) is 5. The summed E-state index contributed by atoms with van der Waals surface area (Å²) in [4.78, 5) is 26.5. The van der Waals surface area contributed by atoms with Crippen LogP contribution in [-0.2, 0) is 4.79 Å². The molecule has 0 bridgehead atoms. The summed E-state index contributed by atoms with van der Waals surface area (Å²) in [5, 5.41) is 14.8. The summed E-state index contributed by atoms with van der Waals surface area (Å²) in [6.45, 7) is 0.404. The van der Waals surface area contributed by atoms with Gasteiger partial charge in [0.05, 0.1) is 16.3 Å². The molecule has 2 aromatic heterocycles. The second-order valence-corrected chi connectivity index (χ2v) is 9.05. The normalized spacial score (nSPS) is 12.0. The number of anilines is 2. The number of nitrogens with zero attached hydrogens (tertiary/aromatic N) is 1. The Kier molecular flexibility index (Phi) is 6.07. The van der Waals surface area contributed by atoms with E-state index >= 15 is 0 Å². The quantitative estimate of drug-likeness (QED) is 0.266. The number of carbonyl (C=O) groups excluding carboxylic acids is 2. The molecule has 1 unspecified atom stereocenters. The minimum atomic E-state index is -0.349. The number of aromatic amines is 1. The second-order valence-electron chi connectivity index (χ2n) is 7.97. The summed E-state index contributed by atoms with van der Waals surface area (Å²) in [5.41, 5.74) is 8.06. The number of carbonyl (C=O) groups is 2. The fourth-order valence-corrected chi connectivity index (χ4v) is 4.94. The number of aromatic nitrogens is 2. The van der Waals surface area contributed by atoms with Crippen molar-refractivity contribution in [3.05, 3.63) is 89.3 Å². The van der Waals surface area contributed by atoms with Crippen LogP contribution in [0.1, 0.15) is 27.6 Å². The van der Waals surface area contributed by atoms with Crippen LogP contribution in [0.4, 0.5) is 11.5 Å². The molecule has 0 saturated carbocycles. The molecule has 0 saturated heterocycles. The van der Waals surface area contributed by atoms with E-state index < -0.39 is 0 Å². The summed E-state index contributed by atoms with van der Waals surface area (Å²) in [6.07, 6.45) is 0.542. The van der Waals surface area contributed by atoms with Crippen LogP contribution in [0.2, 0.25) is 0 Å². The third kappa shape index (κ3) is 4.41. The summed E-state index contributed by atoms with van der Waals surface area (Å²) in [7, 11) is 0. The van der Waals surface area contributed by atoms with Gasteiger partial charge in [0.2, 0.25) is 5.91 Å². The van der Waals surface area contributed by atoms with E-state index in [1.165, 1.54) is 11.3 Å². The highest BCUT2D eigenvalue weighted by atomic mass is 32.1. The summed E-state index contributed by atoms with van der Waals surface area (Å²) < 4.78 is 1.05. The van der Waals surface area contributed by atoms with Crippen LogP contribution in [0.3, 0.4) is 0 Å². The molecular formula is C26H23N5O2S. The van der Waals surface area contributed by atoms with Gasteiger partial charge in [-0.05, 0) is 54.2 Å². The van der Waals surface area contributed by atoms with E-state index in [0.29, 0.717) is 34.7 Å². The second kappa shape index (κ2) is 9.46.